The quantitative estimate of drug-likeness (QED) is 0.642. The van der Waals surface area contributed by atoms with Crippen LogP contribution in [0.2, 0.25) is 0 Å². The van der Waals surface area contributed by atoms with Gasteiger partial charge < -0.3 is 0 Å². The number of hydrogen-bond donors (Lipinski definition) is 0. The smallest absolute Gasteiger partial charge is 0.150 e. The lowest BCUT2D eigenvalue weighted by Crippen LogP contribution is -2.13. The first-order chi connectivity index (χ1) is 4.98. The van der Waals surface area contributed by atoms with Crippen LogP contribution in [0.5, 0.6) is 0 Å². The molecule has 0 aromatic rings. The Balaban J connectivity index is 3.82. The molecule has 3 heteroatoms. The van der Waals surface area contributed by atoms with Crippen LogP contribution in [0.4, 0.5) is 0 Å². The first kappa shape index (κ1) is 11.0. The zero-order valence-electron chi connectivity index (χ0n) is 7.55. The maximum absolute atomic E-state index is 11.2. The summed E-state index contributed by atoms with van der Waals surface area (Å²) in [6.45, 7) is 5.70. The summed E-state index contributed by atoms with van der Waals surface area (Å²) in [5.74, 6) is 1.57. The van der Waals surface area contributed by atoms with E-state index >= 15 is 0 Å². The van der Waals surface area contributed by atoms with Crippen molar-refractivity contribution in [1.29, 1.82) is 0 Å². The molecule has 0 heterocycles. The molecule has 1 radical (unpaired) electrons. The third-order valence-electron chi connectivity index (χ3n) is 1.32. The van der Waals surface area contributed by atoms with Crippen LogP contribution in [0, 0.1) is 5.92 Å². The molecule has 67 valence electrons. The van der Waals surface area contributed by atoms with Crippen molar-refractivity contribution >= 4 is 9.84 Å². The van der Waals surface area contributed by atoms with Gasteiger partial charge in [-0.15, -0.1) is 0 Å². The van der Waals surface area contributed by atoms with Gasteiger partial charge in [0, 0.05) is 0 Å². The van der Waals surface area contributed by atoms with Gasteiger partial charge in [-0.25, -0.2) is 8.42 Å². The van der Waals surface area contributed by atoms with E-state index in [2.05, 4.69) is 0 Å². The average Bonchev–Trinajstić information content (AvgIpc) is 1.81. The molecule has 0 N–H and O–H groups in total. The molecule has 0 aromatic carbocycles. The van der Waals surface area contributed by atoms with E-state index in [-0.39, 0.29) is 5.75 Å². The fraction of sp³-hybridized carbons (Fsp3) is 0.875. The highest BCUT2D eigenvalue weighted by molar-refractivity contribution is 7.91. The zero-order chi connectivity index (χ0) is 8.91. The Morgan fingerprint density at radius 1 is 1.27 bits per heavy atom. The molecule has 0 aliphatic carbocycles. The molecule has 0 amide bonds. The number of hydrogen-bond acceptors (Lipinski definition) is 2. The number of unbranched alkanes of at least 4 members (excludes halogenated alkanes) is 1. The van der Waals surface area contributed by atoms with Crippen molar-refractivity contribution in [3.63, 3.8) is 0 Å². The van der Waals surface area contributed by atoms with Crippen molar-refractivity contribution in [2.75, 3.05) is 11.5 Å². The van der Waals surface area contributed by atoms with Crippen molar-refractivity contribution < 1.29 is 8.42 Å². The fourth-order valence-electron chi connectivity index (χ4n) is 0.876. The molecule has 2 nitrogen and oxygen atoms in total. The first-order valence-electron chi connectivity index (χ1n) is 3.97. The van der Waals surface area contributed by atoms with Crippen LogP contribution < -0.4 is 0 Å². The summed E-state index contributed by atoms with van der Waals surface area (Å²) in [4.78, 5) is 0. The molecule has 0 spiro atoms. The minimum absolute atomic E-state index is 0.257. The molecule has 11 heavy (non-hydrogen) atoms. The van der Waals surface area contributed by atoms with E-state index in [9.17, 15) is 8.42 Å². The molecule has 0 rings (SSSR count). The Hall–Kier alpha value is -0.0500. The van der Waals surface area contributed by atoms with Crippen LogP contribution in [0.25, 0.3) is 0 Å². The van der Waals surface area contributed by atoms with Crippen LogP contribution >= 0.6 is 0 Å². The predicted octanol–water partition coefficient (Wildman–Crippen LogP) is 1.82. The summed E-state index contributed by atoms with van der Waals surface area (Å²) in [7, 11) is -2.78. The lowest BCUT2D eigenvalue weighted by molar-refractivity contribution is 0.593. The van der Waals surface area contributed by atoms with Crippen molar-refractivity contribution in [2.45, 2.75) is 33.6 Å². The second-order valence-corrected chi connectivity index (χ2v) is 5.34. The van der Waals surface area contributed by atoms with Crippen LogP contribution in [0.1, 0.15) is 33.6 Å². The SMILES string of the molecule is CCCCS(=O)(=O)C[C](C)C. The van der Waals surface area contributed by atoms with Crippen LogP contribution in [-0.4, -0.2) is 19.9 Å². The van der Waals surface area contributed by atoms with Crippen molar-refractivity contribution in [3.8, 4) is 0 Å². The van der Waals surface area contributed by atoms with Gasteiger partial charge in [0.1, 0.15) is 0 Å². The zero-order valence-corrected chi connectivity index (χ0v) is 8.37. The van der Waals surface area contributed by atoms with Crippen LogP contribution in [0.3, 0.4) is 0 Å². The molecule has 0 bridgehead atoms. The average molecular weight is 177 g/mol. The summed E-state index contributed by atoms with van der Waals surface area (Å²) in [5.41, 5.74) is 0. The Morgan fingerprint density at radius 3 is 2.18 bits per heavy atom. The number of rotatable bonds is 5. The van der Waals surface area contributed by atoms with Gasteiger partial charge in [0.05, 0.1) is 11.5 Å². The van der Waals surface area contributed by atoms with Gasteiger partial charge in [-0.2, -0.15) is 0 Å². The summed E-state index contributed by atoms with van der Waals surface area (Å²) >= 11 is 0. The highest BCUT2D eigenvalue weighted by atomic mass is 32.2. The summed E-state index contributed by atoms with van der Waals surface area (Å²) in [6.07, 6.45) is 1.73. The minimum Gasteiger partial charge on any atom is -0.229 e. The third kappa shape index (κ3) is 6.35. The highest BCUT2D eigenvalue weighted by Crippen LogP contribution is 2.04. The Bertz CT molecular complexity index is 180. The standard InChI is InChI=1S/C8H17O2S/c1-4-5-6-11(9,10)7-8(2)3/h4-7H2,1-3H3. The fourth-order valence-corrected chi connectivity index (χ4v) is 2.63. The summed E-state index contributed by atoms with van der Waals surface area (Å²) < 4.78 is 22.4. The lowest BCUT2D eigenvalue weighted by Gasteiger charge is -2.04. The minimum atomic E-state index is -2.78. The van der Waals surface area contributed by atoms with E-state index in [1.165, 1.54) is 0 Å². The summed E-state index contributed by atoms with van der Waals surface area (Å²) in [6, 6.07) is 0. The Labute approximate surface area is 69.9 Å². The molecule has 0 saturated carbocycles. The summed E-state index contributed by atoms with van der Waals surface area (Å²) in [5, 5.41) is 0. The number of sulfone groups is 1. The van der Waals surface area contributed by atoms with E-state index in [1.807, 2.05) is 20.8 Å². The van der Waals surface area contributed by atoms with Gasteiger partial charge in [-0.05, 0) is 12.3 Å². The Kier molecular flexibility index (Phi) is 4.73. The molecule has 0 aromatic heterocycles. The molecular weight excluding hydrogens is 160 g/mol. The van der Waals surface area contributed by atoms with Crippen molar-refractivity contribution in [1.82, 2.24) is 0 Å². The maximum Gasteiger partial charge on any atom is 0.150 e. The van der Waals surface area contributed by atoms with E-state index < -0.39 is 9.84 Å². The first-order valence-corrected chi connectivity index (χ1v) is 5.79. The normalized spacial score (nSPS) is 12.4. The Morgan fingerprint density at radius 2 is 1.82 bits per heavy atom. The van der Waals surface area contributed by atoms with Gasteiger partial charge in [-0.3, -0.25) is 0 Å². The lowest BCUT2D eigenvalue weighted by atomic mass is 10.3. The monoisotopic (exact) mass is 177 g/mol. The van der Waals surface area contributed by atoms with Gasteiger partial charge in [-0.1, -0.05) is 27.2 Å². The molecule has 0 fully saturated rings. The van der Waals surface area contributed by atoms with E-state index in [1.54, 1.807) is 0 Å². The third-order valence-corrected chi connectivity index (χ3v) is 3.25. The molecule has 0 aliphatic rings. The largest absolute Gasteiger partial charge is 0.229 e. The highest BCUT2D eigenvalue weighted by Gasteiger charge is 2.11. The second kappa shape index (κ2) is 4.75. The van der Waals surface area contributed by atoms with Crippen molar-refractivity contribution in [2.24, 2.45) is 0 Å². The molecule has 0 atom stereocenters. The van der Waals surface area contributed by atoms with Crippen LogP contribution in [0.15, 0.2) is 0 Å². The molecule has 0 aliphatic heterocycles. The molecule has 0 saturated heterocycles. The van der Waals surface area contributed by atoms with Gasteiger partial charge in [0.25, 0.3) is 0 Å². The second-order valence-electron chi connectivity index (χ2n) is 3.15. The van der Waals surface area contributed by atoms with E-state index in [0.29, 0.717) is 5.75 Å². The van der Waals surface area contributed by atoms with Gasteiger partial charge in [0.2, 0.25) is 0 Å². The molecular formula is C8H17O2S. The van der Waals surface area contributed by atoms with Crippen LogP contribution in [-0.2, 0) is 9.84 Å². The molecule has 0 unspecified atom stereocenters. The van der Waals surface area contributed by atoms with Gasteiger partial charge >= 0.3 is 0 Å². The van der Waals surface area contributed by atoms with Gasteiger partial charge in [0.15, 0.2) is 9.84 Å². The maximum atomic E-state index is 11.2. The van der Waals surface area contributed by atoms with Crippen molar-refractivity contribution in [3.05, 3.63) is 5.92 Å². The van der Waals surface area contributed by atoms with E-state index in [0.717, 1.165) is 18.8 Å². The topological polar surface area (TPSA) is 34.1 Å². The predicted molar refractivity (Wildman–Crippen MR) is 48.2 cm³/mol. The van der Waals surface area contributed by atoms with E-state index in [4.69, 9.17) is 0 Å².